The van der Waals surface area contributed by atoms with E-state index in [1.807, 2.05) is 6.07 Å². The molecule has 54 heavy (non-hydrogen) atoms. The van der Waals surface area contributed by atoms with Crippen LogP contribution in [-0.2, 0) is 6.42 Å². The van der Waals surface area contributed by atoms with Crippen molar-refractivity contribution < 1.29 is 9.15 Å². The zero-order valence-corrected chi connectivity index (χ0v) is 29.3. The highest BCUT2D eigenvalue weighted by Gasteiger charge is 2.39. The summed E-state index contributed by atoms with van der Waals surface area (Å²) >= 11 is 0. The molecule has 256 valence electrons. The molecule has 6 aromatic carbocycles. The number of fused-ring (bicyclic) bond motifs is 7. The molecule has 5 nitrogen and oxygen atoms in total. The Morgan fingerprint density at radius 2 is 1.33 bits per heavy atom. The Bertz CT molecular complexity index is 2860. The number of allylic oxidation sites excluding steroid dienone is 3. The van der Waals surface area contributed by atoms with E-state index in [1.165, 1.54) is 27.5 Å². The van der Waals surface area contributed by atoms with E-state index in [0.717, 1.165) is 68.7 Å². The summed E-state index contributed by atoms with van der Waals surface area (Å²) in [6.45, 7) is 0. The van der Waals surface area contributed by atoms with Crippen molar-refractivity contribution in [1.29, 1.82) is 0 Å². The van der Waals surface area contributed by atoms with Crippen molar-refractivity contribution in [1.82, 2.24) is 15.0 Å². The van der Waals surface area contributed by atoms with Crippen LogP contribution < -0.4 is 4.74 Å². The highest BCUT2D eigenvalue weighted by molar-refractivity contribution is 5.99. The number of ether oxygens (including phenoxy) is 1. The van der Waals surface area contributed by atoms with Crippen molar-refractivity contribution in [2.45, 2.75) is 24.9 Å². The Labute approximate surface area is 312 Å². The lowest BCUT2D eigenvalue weighted by Crippen LogP contribution is -2.20. The first-order valence-electron chi connectivity index (χ1n) is 18.6. The van der Waals surface area contributed by atoms with Gasteiger partial charge in [0.15, 0.2) is 17.5 Å². The smallest absolute Gasteiger partial charge is 0.164 e. The van der Waals surface area contributed by atoms with E-state index in [2.05, 4.69) is 158 Å². The fraction of sp³-hybridized carbons (Fsp3) is 0.0816. The lowest BCUT2D eigenvalue weighted by Gasteiger charge is -2.22. The largest absolute Gasteiger partial charge is 0.485 e. The monoisotopic (exact) mass is 695 g/mol. The second-order valence-corrected chi connectivity index (χ2v) is 14.2. The van der Waals surface area contributed by atoms with E-state index in [1.54, 1.807) is 0 Å². The van der Waals surface area contributed by atoms with Gasteiger partial charge < -0.3 is 9.15 Å². The minimum atomic E-state index is -0.174. The molecule has 2 aromatic heterocycles. The molecule has 0 saturated carbocycles. The van der Waals surface area contributed by atoms with Gasteiger partial charge >= 0.3 is 0 Å². The molecule has 2 atom stereocenters. The van der Waals surface area contributed by atoms with Gasteiger partial charge in [0.25, 0.3) is 0 Å². The maximum absolute atomic E-state index is 6.73. The van der Waals surface area contributed by atoms with E-state index in [-0.39, 0.29) is 12.0 Å². The number of benzene rings is 6. The summed E-state index contributed by atoms with van der Waals surface area (Å²) in [5.74, 6) is 3.71. The molecule has 8 aromatic rings. The van der Waals surface area contributed by atoms with Gasteiger partial charge in [0.2, 0.25) is 0 Å². The van der Waals surface area contributed by atoms with Crippen LogP contribution in [0, 0.1) is 0 Å². The van der Waals surface area contributed by atoms with Crippen molar-refractivity contribution >= 4 is 33.4 Å². The predicted molar refractivity (Wildman–Crippen MR) is 217 cm³/mol. The maximum Gasteiger partial charge on any atom is 0.164 e. The average Bonchev–Trinajstić information content (AvgIpc) is 3.82. The van der Waals surface area contributed by atoms with Gasteiger partial charge in [-0.05, 0) is 76.2 Å². The summed E-state index contributed by atoms with van der Waals surface area (Å²) in [5, 5.41) is 3.51. The normalized spacial score (nSPS) is 16.9. The standard InChI is InChI=1S/C49H33N3O2/c1-2-10-30(11-3-1)32-20-23-33(24-21-32)47-50-48(36-25-22-31-12-4-5-13-34(31)28-36)52-49(51-47)40-16-9-19-43-46(40)39-27-26-35(29-44(39)54-43)37-15-8-18-42-45(37)38-14-6-7-17-41(38)53-42/h1-5,7-13,15-29,43,46H,6,14H2. The lowest BCUT2D eigenvalue weighted by atomic mass is 9.83. The molecule has 3 heterocycles. The molecule has 0 radical (unpaired) electrons. The fourth-order valence-electron chi connectivity index (χ4n) is 8.34. The fourth-order valence-corrected chi connectivity index (χ4v) is 8.34. The molecule has 0 fully saturated rings. The Hall–Kier alpha value is -6.85. The summed E-state index contributed by atoms with van der Waals surface area (Å²) in [6.07, 6.45) is 12.5. The number of hydrogen-bond acceptors (Lipinski definition) is 5. The van der Waals surface area contributed by atoms with Crippen LogP contribution in [0.4, 0.5) is 0 Å². The molecule has 3 aliphatic rings. The van der Waals surface area contributed by atoms with Crippen LogP contribution in [0.5, 0.6) is 5.75 Å². The molecule has 0 bridgehead atoms. The number of furan rings is 1. The molecule has 0 saturated heterocycles. The summed E-state index contributed by atoms with van der Waals surface area (Å²) in [6, 6.07) is 46.7. The van der Waals surface area contributed by atoms with Crippen molar-refractivity contribution in [3.05, 3.63) is 180 Å². The third-order valence-electron chi connectivity index (χ3n) is 11.0. The Morgan fingerprint density at radius 3 is 2.22 bits per heavy atom. The van der Waals surface area contributed by atoms with Crippen molar-refractivity contribution in [2.24, 2.45) is 0 Å². The molecule has 2 aliphatic carbocycles. The summed E-state index contributed by atoms with van der Waals surface area (Å²) < 4.78 is 13.0. The first-order chi connectivity index (χ1) is 26.7. The van der Waals surface area contributed by atoms with Crippen LogP contribution in [0.15, 0.2) is 162 Å². The van der Waals surface area contributed by atoms with Crippen LogP contribution in [-0.4, -0.2) is 21.1 Å². The van der Waals surface area contributed by atoms with Gasteiger partial charge in [-0.1, -0.05) is 133 Å². The third kappa shape index (κ3) is 5.12. The van der Waals surface area contributed by atoms with E-state index >= 15 is 0 Å². The zero-order valence-electron chi connectivity index (χ0n) is 29.3. The van der Waals surface area contributed by atoms with Gasteiger partial charge in [0.05, 0.1) is 5.92 Å². The number of nitrogens with zero attached hydrogens (tertiary/aromatic N) is 3. The van der Waals surface area contributed by atoms with Crippen LogP contribution in [0.1, 0.15) is 35.1 Å². The lowest BCUT2D eigenvalue weighted by molar-refractivity contribution is 0.271. The topological polar surface area (TPSA) is 61.0 Å². The number of aryl methyl sites for hydroxylation is 1. The van der Waals surface area contributed by atoms with Crippen LogP contribution in [0.3, 0.4) is 0 Å². The van der Waals surface area contributed by atoms with Crippen molar-refractivity contribution in [3.8, 4) is 50.8 Å². The highest BCUT2D eigenvalue weighted by Crippen LogP contribution is 2.49. The van der Waals surface area contributed by atoms with Gasteiger partial charge in [-0.2, -0.15) is 0 Å². The molecule has 1 aliphatic heterocycles. The van der Waals surface area contributed by atoms with Crippen LogP contribution in [0.2, 0.25) is 0 Å². The van der Waals surface area contributed by atoms with Gasteiger partial charge in [-0.15, -0.1) is 0 Å². The summed E-state index contributed by atoms with van der Waals surface area (Å²) in [5.41, 5.74) is 10.8. The summed E-state index contributed by atoms with van der Waals surface area (Å²) in [7, 11) is 0. The molecular formula is C49H33N3O2. The number of aromatic nitrogens is 3. The van der Waals surface area contributed by atoms with Crippen LogP contribution in [0.25, 0.3) is 78.4 Å². The van der Waals surface area contributed by atoms with E-state index < -0.39 is 0 Å². The van der Waals surface area contributed by atoms with Crippen molar-refractivity contribution in [3.63, 3.8) is 0 Å². The highest BCUT2D eigenvalue weighted by atomic mass is 16.5. The second kappa shape index (κ2) is 12.4. The molecule has 2 unspecified atom stereocenters. The molecule has 0 N–H and O–H groups in total. The van der Waals surface area contributed by atoms with Gasteiger partial charge in [0, 0.05) is 33.2 Å². The second-order valence-electron chi connectivity index (χ2n) is 14.2. The van der Waals surface area contributed by atoms with E-state index in [4.69, 9.17) is 24.1 Å². The quantitative estimate of drug-likeness (QED) is 0.179. The van der Waals surface area contributed by atoms with Gasteiger partial charge in [-0.25, -0.2) is 15.0 Å². The Morgan fingerprint density at radius 1 is 0.593 bits per heavy atom. The van der Waals surface area contributed by atoms with E-state index in [9.17, 15) is 0 Å². The average molecular weight is 696 g/mol. The molecule has 0 spiro atoms. The molecule has 0 amide bonds. The SMILES string of the molecule is C1=CC2Oc3cc(-c4cccc5oc6c(c45)CCC=C6)ccc3C2C(c2nc(-c3ccc(-c4ccccc4)cc3)nc(-c3ccc4ccccc4c3)n2)=C1. The first-order valence-corrected chi connectivity index (χ1v) is 18.6. The minimum Gasteiger partial charge on any atom is -0.485 e. The van der Waals surface area contributed by atoms with Crippen molar-refractivity contribution in [2.75, 3.05) is 0 Å². The molecular weight excluding hydrogens is 663 g/mol. The van der Waals surface area contributed by atoms with Gasteiger partial charge in [0.1, 0.15) is 23.2 Å². The molecule has 5 heteroatoms. The van der Waals surface area contributed by atoms with Gasteiger partial charge in [-0.3, -0.25) is 0 Å². The minimum absolute atomic E-state index is 0.0678. The maximum atomic E-state index is 6.73. The number of hydrogen-bond donors (Lipinski definition) is 0. The zero-order chi connectivity index (χ0) is 35.6. The van der Waals surface area contributed by atoms with Crippen LogP contribution >= 0.6 is 0 Å². The Balaban J connectivity index is 1.01. The molecule has 11 rings (SSSR count). The van der Waals surface area contributed by atoms with E-state index in [0.29, 0.717) is 17.5 Å². The first kappa shape index (κ1) is 30.7. The summed E-state index contributed by atoms with van der Waals surface area (Å²) in [4.78, 5) is 15.5. The third-order valence-corrected chi connectivity index (χ3v) is 11.0. The Kier molecular flexibility index (Phi) is 7.05. The number of rotatable bonds is 5. The predicted octanol–water partition coefficient (Wildman–Crippen LogP) is 11.9.